The third-order valence-corrected chi connectivity index (χ3v) is 8.51. The fourth-order valence-corrected chi connectivity index (χ4v) is 6.05. The molecule has 3 aromatic rings. The number of benzene rings is 1. The highest BCUT2D eigenvalue weighted by Crippen LogP contribution is 2.35. The molecule has 0 aliphatic carbocycles. The number of aromatic nitrogens is 2. The summed E-state index contributed by atoms with van der Waals surface area (Å²) >= 11 is 12.5. The molecule has 5 rings (SSSR count). The lowest BCUT2D eigenvalue weighted by Crippen LogP contribution is -2.36. The minimum Gasteiger partial charge on any atom is -0.420 e. The number of hydrogen-bond acceptors (Lipinski definition) is 7. The summed E-state index contributed by atoms with van der Waals surface area (Å²) in [4.78, 5) is 39.6. The highest BCUT2D eigenvalue weighted by Gasteiger charge is 2.42. The molecule has 8 nitrogen and oxygen atoms in total. The Hall–Kier alpha value is -3.31. The Morgan fingerprint density at radius 1 is 0.977 bits per heavy atom. The number of alkyl halides is 3. The van der Waals surface area contributed by atoms with Crippen molar-refractivity contribution in [2.24, 2.45) is 5.92 Å². The maximum Gasteiger partial charge on any atom is 0.437 e. The smallest absolute Gasteiger partial charge is 0.420 e. The molecule has 1 aromatic carbocycles. The average molecular weight is 639 g/mol. The number of halogens is 5. The lowest BCUT2D eigenvalue weighted by molar-refractivity contribution is -0.141. The van der Waals surface area contributed by atoms with E-state index in [0.717, 1.165) is 12.8 Å². The first-order valence-corrected chi connectivity index (χ1v) is 15.0. The lowest BCUT2D eigenvalue weighted by Gasteiger charge is -2.29. The van der Waals surface area contributed by atoms with Crippen LogP contribution >= 0.6 is 23.2 Å². The van der Waals surface area contributed by atoms with Crippen LogP contribution in [0.5, 0.6) is 0 Å². The summed E-state index contributed by atoms with van der Waals surface area (Å²) in [6.07, 6.45) is -1.03. The molecule has 13 heteroatoms. The first-order valence-electron chi connectivity index (χ1n) is 14.3. The van der Waals surface area contributed by atoms with Crippen molar-refractivity contribution in [3.05, 3.63) is 69.2 Å². The number of Topliss-reactive ketones (excluding diaryl/α,β-unsaturated/α-hetero) is 1. The molecule has 2 fully saturated rings. The van der Waals surface area contributed by atoms with Gasteiger partial charge in [0, 0.05) is 61.9 Å². The van der Waals surface area contributed by atoms with Crippen molar-refractivity contribution < 1.29 is 27.2 Å². The van der Waals surface area contributed by atoms with Crippen molar-refractivity contribution in [2.75, 3.05) is 49.1 Å². The number of rotatable bonds is 7. The number of hydrogen-bond donors (Lipinski definition) is 0. The van der Waals surface area contributed by atoms with Crippen molar-refractivity contribution in [3.8, 4) is 0 Å². The quantitative estimate of drug-likeness (QED) is 0.280. The van der Waals surface area contributed by atoms with E-state index < -0.39 is 23.4 Å². The first-order chi connectivity index (χ1) is 20.5. The Balaban J connectivity index is 1.22. The number of amides is 1. The van der Waals surface area contributed by atoms with Gasteiger partial charge in [-0.2, -0.15) is 18.2 Å². The maximum atomic E-state index is 13.8. The van der Waals surface area contributed by atoms with Gasteiger partial charge in [-0.05, 0) is 54.5 Å². The zero-order chi connectivity index (χ0) is 30.7. The minimum atomic E-state index is -4.82. The molecular formula is C30H32Cl2F3N5O3. The molecule has 2 aromatic heterocycles. The Morgan fingerprint density at radius 2 is 1.72 bits per heavy atom. The number of pyridine rings is 1. The molecule has 0 N–H and O–H groups in total. The van der Waals surface area contributed by atoms with Gasteiger partial charge in [0.15, 0.2) is 5.69 Å². The second-order valence-electron chi connectivity index (χ2n) is 11.1. The van der Waals surface area contributed by atoms with E-state index in [4.69, 9.17) is 27.6 Å². The van der Waals surface area contributed by atoms with Crippen molar-refractivity contribution in [1.29, 1.82) is 0 Å². The van der Waals surface area contributed by atoms with Gasteiger partial charge < -0.3 is 19.1 Å². The summed E-state index contributed by atoms with van der Waals surface area (Å²) in [5.41, 5.74) is -0.237. The van der Waals surface area contributed by atoms with Gasteiger partial charge in [-0.3, -0.25) is 9.59 Å². The second kappa shape index (κ2) is 13.1. The summed E-state index contributed by atoms with van der Waals surface area (Å²) in [7, 11) is 0. The van der Waals surface area contributed by atoms with E-state index in [1.807, 2.05) is 11.8 Å². The Kier molecular flexibility index (Phi) is 9.51. The van der Waals surface area contributed by atoms with Crippen LogP contribution in [0.4, 0.5) is 25.0 Å². The van der Waals surface area contributed by atoms with Gasteiger partial charge in [-0.25, -0.2) is 4.98 Å². The lowest BCUT2D eigenvalue weighted by atomic mass is 10.0. The number of anilines is 2. The van der Waals surface area contributed by atoms with Gasteiger partial charge in [-0.15, -0.1) is 0 Å². The highest BCUT2D eigenvalue weighted by molar-refractivity contribution is 6.36. The number of carbonyl (C=O) groups is 2. The van der Waals surface area contributed by atoms with Crippen LogP contribution in [0.15, 0.2) is 40.9 Å². The second-order valence-corrected chi connectivity index (χ2v) is 11.9. The highest BCUT2D eigenvalue weighted by atomic mass is 35.5. The molecule has 0 spiro atoms. The molecule has 1 atom stereocenters. The van der Waals surface area contributed by atoms with Gasteiger partial charge in [-0.1, -0.05) is 42.3 Å². The van der Waals surface area contributed by atoms with Crippen LogP contribution in [-0.4, -0.2) is 65.8 Å². The number of oxazole rings is 1. The molecule has 2 aliphatic heterocycles. The van der Waals surface area contributed by atoms with Crippen LogP contribution in [0, 0.1) is 5.92 Å². The third kappa shape index (κ3) is 7.44. The van der Waals surface area contributed by atoms with E-state index in [1.54, 1.807) is 40.1 Å². The van der Waals surface area contributed by atoms with Crippen molar-refractivity contribution >= 4 is 46.7 Å². The Morgan fingerprint density at radius 3 is 2.40 bits per heavy atom. The normalized spacial score (nSPS) is 18.1. The average Bonchev–Trinajstić information content (AvgIpc) is 3.29. The summed E-state index contributed by atoms with van der Waals surface area (Å²) < 4.78 is 46.8. The van der Waals surface area contributed by atoms with Gasteiger partial charge in [0.2, 0.25) is 17.5 Å². The Bertz CT molecular complexity index is 1440. The summed E-state index contributed by atoms with van der Waals surface area (Å²) in [6.45, 7) is 5.31. The van der Waals surface area contributed by atoms with E-state index in [0.29, 0.717) is 78.6 Å². The third-order valence-electron chi connectivity index (χ3n) is 7.80. The van der Waals surface area contributed by atoms with E-state index >= 15 is 0 Å². The molecule has 4 heterocycles. The predicted molar refractivity (Wildman–Crippen MR) is 158 cm³/mol. The standard InChI is InChI=1S/C30H32Cl2F3N5O3/c1-19-5-3-10-40(18-19)29-37-28(30(33,34)35)27(43-29)24(41)15-20-8-9-25(36-17-20)38-11-4-12-39(14-13-38)26(42)16-21-22(31)6-2-7-23(21)32/h2,6-9,17,19H,3-5,10-16,18H2,1H3. The van der Waals surface area contributed by atoms with E-state index in [9.17, 15) is 22.8 Å². The fourth-order valence-electron chi connectivity index (χ4n) is 5.52. The maximum absolute atomic E-state index is 13.8. The monoisotopic (exact) mass is 637 g/mol. The first kappa shape index (κ1) is 31.1. The Labute approximate surface area is 257 Å². The van der Waals surface area contributed by atoms with E-state index in [2.05, 4.69) is 9.97 Å². The molecule has 2 aliphatic rings. The summed E-state index contributed by atoms with van der Waals surface area (Å²) in [5, 5.41) is 0.908. The number of nitrogens with zero attached hydrogens (tertiary/aromatic N) is 5. The molecule has 0 saturated carbocycles. The van der Waals surface area contributed by atoms with Crippen LogP contribution < -0.4 is 9.80 Å². The van der Waals surface area contributed by atoms with Gasteiger partial charge in [0.25, 0.3) is 6.01 Å². The van der Waals surface area contributed by atoms with Gasteiger partial charge in [0.05, 0.1) is 6.42 Å². The van der Waals surface area contributed by atoms with E-state index in [1.165, 1.54) is 6.20 Å². The van der Waals surface area contributed by atoms with Crippen molar-refractivity contribution in [3.63, 3.8) is 0 Å². The summed E-state index contributed by atoms with van der Waals surface area (Å²) in [5.74, 6) is -0.716. The molecule has 0 radical (unpaired) electrons. The molecule has 230 valence electrons. The van der Waals surface area contributed by atoms with Crippen molar-refractivity contribution in [1.82, 2.24) is 14.9 Å². The molecule has 1 unspecified atom stereocenters. The van der Waals surface area contributed by atoms with Crippen LogP contribution in [0.25, 0.3) is 0 Å². The zero-order valence-electron chi connectivity index (χ0n) is 23.7. The molecule has 1 amide bonds. The molecule has 43 heavy (non-hydrogen) atoms. The summed E-state index contributed by atoms with van der Waals surface area (Å²) in [6, 6.07) is 8.38. The van der Waals surface area contributed by atoms with Gasteiger partial charge >= 0.3 is 6.18 Å². The SMILES string of the molecule is CC1CCCN(c2nc(C(F)(F)F)c(C(=O)Cc3ccc(N4CCCN(C(=O)Cc5c(Cl)cccc5Cl)CC4)nc3)o2)C1. The topological polar surface area (TPSA) is 82.8 Å². The largest absolute Gasteiger partial charge is 0.437 e. The molecular weight excluding hydrogens is 606 g/mol. The minimum absolute atomic E-state index is 0.0673. The molecule has 2 saturated heterocycles. The van der Waals surface area contributed by atoms with Crippen LogP contribution in [0.1, 0.15) is 53.6 Å². The molecule has 0 bridgehead atoms. The predicted octanol–water partition coefficient (Wildman–Crippen LogP) is 6.34. The zero-order valence-corrected chi connectivity index (χ0v) is 25.2. The number of ketones is 1. The van der Waals surface area contributed by atoms with E-state index in [-0.39, 0.29) is 24.8 Å². The van der Waals surface area contributed by atoms with Crippen LogP contribution in [-0.2, 0) is 23.8 Å². The number of piperidine rings is 1. The van der Waals surface area contributed by atoms with Gasteiger partial charge in [0.1, 0.15) is 5.82 Å². The number of carbonyl (C=O) groups excluding carboxylic acids is 2. The van der Waals surface area contributed by atoms with Crippen molar-refractivity contribution in [2.45, 2.75) is 45.2 Å². The van der Waals surface area contributed by atoms with Crippen LogP contribution in [0.2, 0.25) is 10.0 Å². The van der Waals surface area contributed by atoms with Crippen LogP contribution in [0.3, 0.4) is 0 Å². The fraction of sp³-hybridized carbons (Fsp3) is 0.467.